The number of ether oxygens (including phenoxy) is 2. The lowest BCUT2D eigenvalue weighted by atomic mass is 10.1. The van der Waals surface area contributed by atoms with Gasteiger partial charge in [0.15, 0.2) is 11.5 Å². The van der Waals surface area contributed by atoms with Crippen LogP contribution in [0.1, 0.15) is 30.1 Å². The quantitative estimate of drug-likeness (QED) is 0.806. The molecule has 1 saturated heterocycles. The molecule has 124 valence electrons. The molecule has 1 aliphatic rings. The van der Waals surface area contributed by atoms with Crippen LogP contribution in [0.5, 0.6) is 11.5 Å². The van der Waals surface area contributed by atoms with Crippen molar-refractivity contribution in [2.75, 3.05) is 33.4 Å². The monoisotopic (exact) mass is 328 g/mol. The summed E-state index contributed by atoms with van der Waals surface area (Å²) in [7, 11) is 1.58. The first-order valence-electron chi connectivity index (χ1n) is 7.54. The van der Waals surface area contributed by atoms with E-state index in [2.05, 4.69) is 10.6 Å². The van der Waals surface area contributed by atoms with Gasteiger partial charge in [-0.25, -0.2) is 0 Å². The minimum absolute atomic E-state index is 0. The van der Waals surface area contributed by atoms with Gasteiger partial charge in [-0.2, -0.15) is 0 Å². The molecular formula is C16H25ClN2O3. The predicted molar refractivity (Wildman–Crippen MR) is 89.3 cm³/mol. The van der Waals surface area contributed by atoms with Crippen molar-refractivity contribution in [3.05, 3.63) is 23.8 Å². The Morgan fingerprint density at radius 1 is 1.41 bits per heavy atom. The van der Waals surface area contributed by atoms with Gasteiger partial charge in [0.25, 0.3) is 5.91 Å². The summed E-state index contributed by atoms with van der Waals surface area (Å²) in [5, 5.41) is 6.30. The number of carbonyl (C=O) groups excluding carboxylic acids is 1. The summed E-state index contributed by atoms with van der Waals surface area (Å²) in [5.41, 5.74) is 0.597. The zero-order valence-electron chi connectivity index (χ0n) is 13.2. The molecule has 5 nitrogen and oxygen atoms in total. The Kier molecular flexibility index (Phi) is 8.06. The molecule has 2 rings (SSSR count). The van der Waals surface area contributed by atoms with E-state index in [4.69, 9.17) is 9.47 Å². The minimum Gasteiger partial charge on any atom is -0.493 e. The Balaban J connectivity index is 0.00000242. The molecule has 1 atom stereocenters. The number of amides is 1. The lowest BCUT2D eigenvalue weighted by Gasteiger charge is -2.12. The van der Waals surface area contributed by atoms with Crippen LogP contribution in [0.15, 0.2) is 18.2 Å². The van der Waals surface area contributed by atoms with Gasteiger partial charge in [0, 0.05) is 12.1 Å². The maximum Gasteiger partial charge on any atom is 0.251 e. The molecule has 1 aliphatic heterocycles. The Morgan fingerprint density at radius 3 is 2.86 bits per heavy atom. The van der Waals surface area contributed by atoms with Crippen molar-refractivity contribution in [2.24, 2.45) is 5.92 Å². The molecule has 1 heterocycles. The third-order valence-electron chi connectivity index (χ3n) is 3.73. The number of rotatable bonds is 7. The van der Waals surface area contributed by atoms with Gasteiger partial charge in [-0.15, -0.1) is 12.4 Å². The van der Waals surface area contributed by atoms with Crippen LogP contribution in [0.25, 0.3) is 0 Å². The van der Waals surface area contributed by atoms with E-state index >= 15 is 0 Å². The summed E-state index contributed by atoms with van der Waals surface area (Å²) in [6.45, 7) is 5.34. The topological polar surface area (TPSA) is 59.6 Å². The highest BCUT2D eigenvalue weighted by Crippen LogP contribution is 2.28. The van der Waals surface area contributed by atoms with Gasteiger partial charge in [-0.3, -0.25) is 4.79 Å². The molecule has 1 amide bonds. The van der Waals surface area contributed by atoms with Gasteiger partial charge >= 0.3 is 0 Å². The fourth-order valence-corrected chi connectivity index (χ4v) is 2.54. The van der Waals surface area contributed by atoms with Crippen LogP contribution < -0.4 is 20.1 Å². The van der Waals surface area contributed by atoms with Crippen molar-refractivity contribution >= 4 is 18.3 Å². The van der Waals surface area contributed by atoms with E-state index in [-0.39, 0.29) is 18.3 Å². The van der Waals surface area contributed by atoms with E-state index in [1.165, 1.54) is 6.42 Å². The lowest BCUT2D eigenvalue weighted by Crippen LogP contribution is -2.26. The number of hydrogen-bond donors (Lipinski definition) is 2. The van der Waals surface area contributed by atoms with Crippen LogP contribution in [0.2, 0.25) is 0 Å². The van der Waals surface area contributed by atoms with Crippen LogP contribution >= 0.6 is 12.4 Å². The lowest BCUT2D eigenvalue weighted by molar-refractivity contribution is 0.0951. The summed E-state index contributed by atoms with van der Waals surface area (Å²) >= 11 is 0. The van der Waals surface area contributed by atoms with Crippen molar-refractivity contribution in [3.63, 3.8) is 0 Å². The standard InChI is InChI=1S/C16H24N2O3.ClH/c1-3-21-14-5-4-13(10-15(14)20-2)16(19)18-9-7-12-6-8-17-11-12;/h4-5,10,12,17H,3,6-9,11H2,1-2H3,(H,18,19);1H. The number of methoxy groups -OCH3 is 1. The first kappa shape index (κ1) is 18.6. The zero-order chi connectivity index (χ0) is 15.1. The molecule has 0 spiro atoms. The van der Waals surface area contributed by atoms with Crippen LogP contribution in [0.4, 0.5) is 0 Å². The number of carbonyl (C=O) groups is 1. The Labute approximate surface area is 138 Å². The van der Waals surface area contributed by atoms with Gasteiger partial charge < -0.3 is 20.1 Å². The summed E-state index contributed by atoms with van der Waals surface area (Å²) in [6.07, 6.45) is 2.22. The average molecular weight is 329 g/mol. The number of hydrogen-bond acceptors (Lipinski definition) is 4. The van der Waals surface area contributed by atoms with Gasteiger partial charge in [0.05, 0.1) is 13.7 Å². The predicted octanol–water partition coefficient (Wildman–Crippen LogP) is 2.25. The molecule has 0 radical (unpaired) electrons. The first-order valence-corrected chi connectivity index (χ1v) is 7.54. The molecular weight excluding hydrogens is 304 g/mol. The van der Waals surface area contributed by atoms with Crippen LogP contribution in [-0.4, -0.2) is 39.3 Å². The minimum atomic E-state index is -0.0673. The fourth-order valence-electron chi connectivity index (χ4n) is 2.54. The van der Waals surface area contributed by atoms with E-state index in [1.807, 2.05) is 6.92 Å². The normalized spacial score (nSPS) is 16.7. The SMILES string of the molecule is CCOc1ccc(C(=O)NCCC2CCNC2)cc1OC.Cl. The van der Waals surface area contributed by atoms with Gasteiger partial charge in [0.1, 0.15) is 0 Å². The second-order valence-corrected chi connectivity index (χ2v) is 5.20. The summed E-state index contributed by atoms with van der Waals surface area (Å²) in [4.78, 5) is 12.1. The molecule has 0 aliphatic carbocycles. The van der Waals surface area contributed by atoms with Crippen molar-refractivity contribution in [1.82, 2.24) is 10.6 Å². The van der Waals surface area contributed by atoms with E-state index in [0.717, 1.165) is 19.5 Å². The number of benzene rings is 1. The van der Waals surface area contributed by atoms with Gasteiger partial charge in [-0.1, -0.05) is 0 Å². The number of halogens is 1. The van der Waals surface area contributed by atoms with E-state index in [9.17, 15) is 4.79 Å². The highest BCUT2D eigenvalue weighted by Gasteiger charge is 2.15. The van der Waals surface area contributed by atoms with Crippen molar-refractivity contribution < 1.29 is 14.3 Å². The largest absolute Gasteiger partial charge is 0.493 e. The van der Waals surface area contributed by atoms with Gasteiger partial charge in [0.2, 0.25) is 0 Å². The summed E-state index contributed by atoms with van der Waals surface area (Å²) in [6, 6.07) is 5.26. The highest BCUT2D eigenvalue weighted by atomic mass is 35.5. The maximum atomic E-state index is 12.1. The third kappa shape index (κ3) is 5.07. The molecule has 1 fully saturated rings. The highest BCUT2D eigenvalue weighted by molar-refractivity contribution is 5.94. The Bertz CT molecular complexity index is 476. The third-order valence-corrected chi connectivity index (χ3v) is 3.73. The summed E-state index contributed by atoms with van der Waals surface area (Å²) < 4.78 is 10.7. The van der Waals surface area contributed by atoms with Crippen LogP contribution in [0, 0.1) is 5.92 Å². The fraction of sp³-hybridized carbons (Fsp3) is 0.562. The molecule has 22 heavy (non-hydrogen) atoms. The smallest absolute Gasteiger partial charge is 0.251 e. The zero-order valence-corrected chi connectivity index (χ0v) is 14.0. The van der Waals surface area contributed by atoms with Crippen molar-refractivity contribution in [1.29, 1.82) is 0 Å². The number of nitrogens with one attached hydrogen (secondary N) is 2. The van der Waals surface area contributed by atoms with E-state index < -0.39 is 0 Å². The maximum absolute atomic E-state index is 12.1. The molecule has 0 bridgehead atoms. The Hall–Kier alpha value is -1.46. The second kappa shape index (κ2) is 9.54. The first-order chi connectivity index (χ1) is 10.2. The molecule has 0 aromatic heterocycles. The molecule has 6 heteroatoms. The summed E-state index contributed by atoms with van der Waals surface area (Å²) in [5.74, 6) is 1.86. The molecule has 0 saturated carbocycles. The molecule has 1 aromatic rings. The van der Waals surface area contributed by atoms with Crippen molar-refractivity contribution in [3.8, 4) is 11.5 Å². The van der Waals surface area contributed by atoms with Gasteiger partial charge in [-0.05, 0) is 57.0 Å². The molecule has 2 N–H and O–H groups in total. The average Bonchev–Trinajstić information content (AvgIpc) is 3.01. The van der Waals surface area contributed by atoms with Crippen LogP contribution in [-0.2, 0) is 0 Å². The van der Waals surface area contributed by atoms with Crippen LogP contribution in [0.3, 0.4) is 0 Å². The molecule has 1 aromatic carbocycles. The second-order valence-electron chi connectivity index (χ2n) is 5.20. The Morgan fingerprint density at radius 2 is 2.23 bits per heavy atom. The van der Waals surface area contributed by atoms with E-state index in [0.29, 0.717) is 36.1 Å². The van der Waals surface area contributed by atoms with Crippen molar-refractivity contribution in [2.45, 2.75) is 19.8 Å². The van der Waals surface area contributed by atoms with E-state index in [1.54, 1.807) is 25.3 Å². The molecule has 1 unspecified atom stereocenters.